The molecule has 0 saturated heterocycles. The van der Waals surface area contributed by atoms with E-state index >= 15 is 0 Å². The van der Waals surface area contributed by atoms with Crippen molar-refractivity contribution in [2.24, 2.45) is 7.05 Å². The molecule has 27 heavy (non-hydrogen) atoms. The minimum atomic E-state index is -0.483. The van der Waals surface area contributed by atoms with E-state index in [0.717, 1.165) is 16.8 Å². The maximum absolute atomic E-state index is 12.4. The summed E-state index contributed by atoms with van der Waals surface area (Å²) in [6.45, 7) is 1.71. The number of benzene rings is 2. The van der Waals surface area contributed by atoms with Gasteiger partial charge in [0.2, 0.25) is 5.91 Å². The summed E-state index contributed by atoms with van der Waals surface area (Å²) in [6, 6.07) is 17.7. The highest BCUT2D eigenvalue weighted by molar-refractivity contribution is 7.99. The minimum absolute atomic E-state index is 0.108. The lowest BCUT2D eigenvalue weighted by molar-refractivity contribution is -0.113. The van der Waals surface area contributed by atoms with Crippen molar-refractivity contribution in [3.63, 3.8) is 0 Å². The SMILES string of the molecule is CC(O)Cc1nnc(SCC(=O)Nc2ccccc2-c2ccccc2)n1C. The molecule has 140 valence electrons. The average molecular weight is 382 g/mol. The summed E-state index contributed by atoms with van der Waals surface area (Å²) in [5.41, 5.74) is 2.81. The Morgan fingerprint density at radius 1 is 1.15 bits per heavy atom. The van der Waals surface area contributed by atoms with E-state index in [1.54, 1.807) is 6.92 Å². The fourth-order valence-electron chi connectivity index (χ4n) is 2.69. The zero-order valence-corrected chi connectivity index (χ0v) is 16.1. The van der Waals surface area contributed by atoms with Gasteiger partial charge >= 0.3 is 0 Å². The number of aliphatic hydroxyl groups is 1. The smallest absolute Gasteiger partial charge is 0.234 e. The Bertz CT molecular complexity index is 909. The highest BCUT2D eigenvalue weighted by Crippen LogP contribution is 2.28. The first-order valence-electron chi connectivity index (χ1n) is 8.68. The second-order valence-corrected chi connectivity index (χ2v) is 7.20. The number of thioether (sulfide) groups is 1. The number of hydrogen-bond donors (Lipinski definition) is 2. The van der Waals surface area contributed by atoms with Gasteiger partial charge < -0.3 is 15.0 Å². The molecular weight excluding hydrogens is 360 g/mol. The van der Waals surface area contributed by atoms with Crippen LogP contribution in [0.25, 0.3) is 11.1 Å². The summed E-state index contributed by atoms with van der Waals surface area (Å²) < 4.78 is 1.81. The summed E-state index contributed by atoms with van der Waals surface area (Å²) in [7, 11) is 1.84. The molecule has 1 heterocycles. The summed E-state index contributed by atoms with van der Waals surface area (Å²) >= 11 is 1.32. The van der Waals surface area contributed by atoms with Gasteiger partial charge in [-0.2, -0.15) is 0 Å². The molecule has 1 amide bonds. The van der Waals surface area contributed by atoms with E-state index in [-0.39, 0.29) is 11.7 Å². The number of hydrogen-bond acceptors (Lipinski definition) is 5. The Morgan fingerprint density at radius 3 is 2.59 bits per heavy atom. The van der Waals surface area contributed by atoms with Crippen molar-refractivity contribution in [2.45, 2.75) is 24.6 Å². The molecule has 0 saturated carbocycles. The highest BCUT2D eigenvalue weighted by Gasteiger charge is 2.14. The van der Waals surface area contributed by atoms with Gasteiger partial charge in [0.25, 0.3) is 0 Å². The first-order chi connectivity index (χ1) is 13.0. The predicted molar refractivity (Wildman–Crippen MR) is 108 cm³/mol. The molecule has 7 heteroatoms. The minimum Gasteiger partial charge on any atom is -0.393 e. The number of nitrogens with one attached hydrogen (secondary N) is 1. The Labute approximate surface area is 162 Å². The third-order valence-corrected chi connectivity index (χ3v) is 5.04. The van der Waals surface area contributed by atoms with Gasteiger partial charge in [-0.3, -0.25) is 4.79 Å². The molecule has 0 fully saturated rings. The fraction of sp³-hybridized carbons (Fsp3) is 0.250. The van der Waals surface area contributed by atoms with E-state index in [1.165, 1.54) is 11.8 Å². The Morgan fingerprint density at radius 2 is 1.85 bits per heavy atom. The third-order valence-electron chi connectivity index (χ3n) is 4.02. The van der Waals surface area contributed by atoms with Crippen molar-refractivity contribution in [2.75, 3.05) is 11.1 Å². The molecule has 2 aromatic carbocycles. The topological polar surface area (TPSA) is 80.0 Å². The van der Waals surface area contributed by atoms with Gasteiger partial charge in [-0.1, -0.05) is 60.3 Å². The van der Waals surface area contributed by atoms with E-state index in [0.29, 0.717) is 17.4 Å². The number of anilines is 1. The second-order valence-electron chi connectivity index (χ2n) is 6.26. The van der Waals surface area contributed by atoms with Crippen LogP contribution in [0.15, 0.2) is 59.8 Å². The zero-order valence-electron chi connectivity index (χ0n) is 15.3. The lowest BCUT2D eigenvalue weighted by Gasteiger charge is -2.11. The van der Waals surface area contributed by atoms with Gasteiger partial charge in [-0.25, -0.2) is 0 Å². The van der Waals surface area contributed by atoms with Gasteiger partial charge in [0.1, 0.15) is 5.82 Å². The molecule has 0 aliphatic rings. The molecule has 3 aromatic rings. The maximum Gasteiger partial charge on any atom is 0.234 e. The number of carbonyl (C=O) groups is 1. The lowest BCUT2D eigenvalue weighted by Crippen LogP contribution is -2.15. The van der Waals surface area contributed by atoms with E-state index in [4.69, 9.17) is 0 Å². The second kappa shape index (κ2) is 8.83. The summed E-state index contributed by atoms with van der Waals surface area (Å²) in [5, 5.41) is 21.3. The Balaban J connectivity index is 1.65. The number of amides is 1. The van der Waals surface area contributed by atoms with Crippen molar-refractivity contribution >= 4 is 23.4 Å². The van der Waals surface area contributed by atoms with Crippen molar-refractivity contribution in [1.29, 1.82) is 0 Å². The Kier molecular flexibility index (Phi) is 6.26. The molecule has 0 spiro atoms. The standard InChI is InChI=1S/C20H22N4O2S/c1-14(25)12-18-22-23-20(24(18)2)27-13-19(26)21-17-11-7-6-10-16(17)15-8-4-3-5-9-15/h3-11,14,25H,12-13H2,1-2H3,(H,21,26). The van der Waals surface area contributed by atoms with Gasteiger partial charge in [0.05, 0.1) is 11.9 Å². The molecule has 1 unspecified atom stereocenters. The largest absolute Gasteiger partial charge is 0.393 e. The van der Waals surface area contributed by atoms with Crippen LogP contribution in [-0.2, 0) is 18.3 Å². The maximum atomic E-state index is 12.4. The van der Waals surface area contributed by atoms with Crippen LogP contribution in [0.2, 0.25) is 0 Å². The first kappa shape index (κ1) is 19.1. The van der Waals surface area contributed by atoms with Gasteiger partial charge in [0, 0.05) is 24.7 Å². The lowest BCUT2D eigenvalue weighted by atomic mass is 10.0. The number of carbonyl (C=O) groups excluding carboxylic acids is 1. The van der Waals surface area contributed by atoms with Crippen molar-refractivity contribution in [3.8, 4) is 11.1 Å². The molecule has 1 atom stereocenters. The first-order valence-corrected chi connectivity index (χ1v) is 9.66. The number of rotatable bonds is 7. The highest BCUT2D eigenvalue weighted by atomic mass is 32.2. The van der Waals surface area contributed by atoms with Crippen LogP contribution in [0, 0.1) is 0 Å². The number of aliphatic hydroxyl groups excluding tert-OH is 1. The van der Waals surface area contributed by atoms with Gasteiger partial charge in [-0.05, 0) is 18.6 Å². The molecule has 6 nitrogen and oxygen atoms in total. The van der Waals surface area contributed by atoms with E-state index < -0.39 is 6.10 Å². The number of aromatic nitrogens is 3. The molecule has 0 aliphatic heterocycles. The summed E-state index contributed by atoms with van der Waals surface area (Å²) in [5.74, 6) is 0.815. The molecule has 0 aliphatic carbocycles. The molecule has 3 rings (SSSR count). The van der Waals surface area contributed by atoms with Crippen LogP contribution in [0.1, 0.15) is 12.7 Å². The third kappa shape index (κ3) is 4.96. The van der Waals surface area contributed by atoms with E-state index in [9.17, 15) is 9.90 Å². The number of nitrogens with zero attached hydrogens (tertiary/aromatic N) is 3. The van der Waals surface area contributed by atoms with E-state index in [1.807, 2.05) is 66.2 Å². The van der Waals surface area contributed by atoms with Crippen LogP contribution in [0.5, 0.6) is 0 Å². The molecular formula is C20H22N4O2S. The Hall–Kier alpha value is -2.64. The van der Waals surface area contributed by atoms with Crippen LogP contribution in [-0.4, -0.2) is 37.6 Å². The number of para-hydroxylation sites is 1. The molecule has 0 radical (unpaired) electrons. The van der Waals surface area contributed by atoms with Crippen LogP contribution in [0.4, 0.5) is 5.69 Å². The monoisotopic (exact) mass is 382 g/mol. The molecule has 1 aromatic heterocycles. The normalized spacial score (nSPS) is 12.0. The quantitative estimate of drug-likeness (QED) is 0.614. The van der Waals surface area contributed by atoms with Crippen LogP contribution < -0.4 is 5.32 Å². The van der Waals surface area contributed by atoms with Gasteiger partial charge in [-0.15, -0.1) is 10.2 Å². The summed E-state index contributed by atoms with van der Waals surface area (Å²) in [4.78, 5) is 12.4. The van der Waals surface area contributed by atoms with Crippen molar-refractivity contribution in [1.82, 2.24) is 14.8 Å². The molecule has 0 bridgehead atoms. The molecule has 2 N–H and O–H groups in total. The van der Waals surface area contributed by atoms with Crippen molar-refractivity contribution in [3.05, 3.63) is 60.4 Å². The van der Waals surface area contributed by atoms with Gasteiger partial charge in [0.15, 0.2) is 5.16 Å². The average Bonchev–Trinajstić information content (AvgIpc) is 3.00. The zero-order chi connectivity index (χ0) is 19.2. The van der Waals surface area contributed by atoms with Crippen LogP contribution >= 0.6 is 11.8 Å². The van der Waals surface area contributed by atoms with Crippen molar-refractivity contribution < 1.29 is 9.90 Å². The van der Waals surface area contributed by atoms with Crippen LogP contribution in [0.3, 0.4) is 0 Å². The predicted octanol–water partition coefficient (Wildman–Crippen LogP) is 3.14. The summed E-state index contributed by atoms with van der Waals surface area (Å²) in [6.07, 6.45) is -0.0516. The fourth-order valence-corrected chi connectivity index (χ4v) is 3.42. The van der Waals surface area contributed by atoms with E-state index in [2.05, 4.69) is 15.5 Å².